The second-order valence-electron chi connectivity index (χ2n) is 7.63. The van der Waals surface area contributed by atoms with Gasteiger partial charge in [-0.05, 0) is 36.4 Å². The minimum atomic E-state index is -0.296. The van der Waals surface area contributed by atoms with Crippen LogP contribution in [0.15, 0.2) is 86.8 Å². The lowest BCUT2D eigenvalue weighted by molar-refractivity contribution is 0.487. The van der Waals surface area contributed by atoms with Gasteiger partial charge in [0.15, 0.2) is 22.0 Å². The molecule has 1 heterocycles. The first-order chi connectivity index (χ1) is 16.0. The van der Waals surface area contributed by atoms with E-state index in [2.05, 4.69) is 4.98 Å². The molecule has 0 aliphatic heterocycles. The highest BCUT2D eigenvalue weighted by Crippen LogP contribution is 2.35. The second kappa shape index (κ2) is 7.37. The van der Waals surface area contributed by atoms with Gasteiger partial charge >= 0.3 is 0 Å². The van der Waals surface area contributed by atoms with Crippen molar-refractivity contribution in [3.8, 4) is 11.5 Å². The third kappa shape index (κ3) is 3.17. The van der Waals surface area contributed by atoms with E-state index in [1.165, 1.54) is 0 Å². The Bertz CT molecular complexity index is 1850. The van der Waals surface area contributed by atoms with E-state index in [9.17, 15) is 9.59 Å². The fraction of sp³-hybridized carbons (Fsp3) is 0. The SMILES string of the molecule is O=c1c2ccccc2c(=O)c2c1c(Oc1ccc(Cl)cc1)cc1oc3cc(Cl)ccc3[nH]c12. The van der Waals surface area contributed by atoms with Crippen LogP contribution in [0.25, 0.3) is 43.7 Å². The Kier molecular flexibility index (Phi) is 4.43. The number of fused-ring (bicyclic) bond motifs is 5. The van der Waals surface area contributed by atoms with E-state index in [4.69, 9.17) is 32.4 Å². The number of hydrogen-bond acceptors (Lipinski definition) is 4. The molecule has 0 bridgehead atoms. The Labute approximate surface area is 195 Å². The number of rotatable bonds is 2. The smallest absolute Gasteiger partial charge is 0.198 e. The number of halogens is 2. The molecule has 5 aromatic carbocycles. The molecule has 7 heteroatoms. The number of ether oxygens (including phenoxy) is 1. The highest BCUT2D eigenvalue weighted by atomic mass is 35.5. The van der Waals surface area contributed by atoms with E-state index in [-0.39, 0.29) is 27.4 Å². The Balaban J connectivity index is 1.80. The van der Waals surface area contributed by atoms with Crippen LogP contribution in [0, 0.1) is 0 Å². The van der Waals surface area contributed by atoms with Gasteiger partial charge in [-0.25, -0.2) is 0 Å². The van der Waals surface area contributed by atoms with E-state index >= 15 is 0 Å². The first kappa shape index (κ1) is 19.9. The van der Waals surface area contributed by atoms with Gasteiger partial charge in [0, 0.05) is 33.0 Å². The zero-order valence-corrected chi connectivity index (χ0v) is 18.3. The van der Waals surface area contributed by atoms with Crippen LogP contribution in [0.1, 0.15) is 0 Å². The molecule has 0 amide bonds. The molecule has 0 aliphatic rings. The van der Waals surface area contributed by atoms with E-state index in [1.807, 2.05) is 0 Å². The number of benzene rings is 5. The largest absolute Gasteiger partial charge is 0.456 e. The summed E-state index contributed by atoms with van der Waals surface area (Å²) in [6.45, 7) is 0. The highest BCUT2D eigenvalue weighted by molar-refractivity contribution is 6.31. The Morgan fingerprint density at radius 2 is 1.39 bits per heavy atom. The average Bonchev–Trinajstić information content (AvgIpc) is 2.82. The summed E-state index contributed by atoms with van der Waals surface area (Å²) in [5, 5.41) is 2.12. The molecular weight excluding hydrogens is 461 g/mol. The van der Waals surface area contributed by atoms with Gasteiger partial charge in [0.05, 0.1) is 21.8 Å². The summed E-state index contributed by atoms with van der Waals surface area (Å²) in [6.07, 6.45) is 0. The Morgan fingerprint density at radius 1 is 0.727 bits per heavy atom. The zero-order chi connectivity index (χ0) is 22.7. The van der Waals surface area contributed by atoms with Gasteiger partial charge in [-0.2, -0.15) is 0 Å². The van der Waals surface area contributed by atoms with E-state index in [0.29, 0.717) is 48.8 Å². The summed E-state index contributed by atoms with van der Waals surface area (Å²) in [7, 11) is 0. The number of aromatic nitrogens is 1. The minimum absolute atomic E-state index is 0.181. The molecule has 1 aromatic heterocycles. The van der Waals surface area contributed by atoms with Crippen molar-refractivity contribution in [3.05, 3.63) is 103 Å². The van der Waals surface area contributed by atoms with Crippen LogP contribution >= 0.6 is 23.2 Å². The zero-order valence-electron chi connectivity index (χ0n) is 16.8. The van der Waals surface area contributed by atoms with Crippen LogP contribution in [0.5, 0.6) is 11.5 Å². The van der Waals surface area contributed by atoms with Crippen LogP contribution in [0.2, 0.25) is 10.0 Å². The molecule has 33 heavy (non-hydrogen) atoms. The van der Waals surface area contributed by atoms with E-state index in [1.54, 1.807) is 72.8 Å². The predicted molar refractivity (Wildman–Crippen MR) is 132 cm³/mol. The lowest BCUT2D eigenvalue weighted by Gasteiger charge is -2.12. The van der Waals surface area contributed by atoms with Crippen molar-refractivity contribution in [2.24, 2.45) is 0 Å². The molecule has 0 radical (unpaired) electrons. The van der Waals surface area contributed by atoms with Crippen molar-refractivity contribution >= 4 is 66.9 Å². The van der Waals surface area contributed by atoms with Crippen LogP contribution in [-0.4, -0.2) is 4.98 Å². The van der Waals surface area contributed by atoms with Crippen LogP contribution in [0.4, 0.5) is 0 Å². The molecule has 0 atom stereocenters. The highest BCUT2D eigenvalue weighted by Gasteiger charge is 2.20. The average molecular weight is 474 g/mol. The van der Waals surface area contributed by atoms with Crippen LogP contribution in [0.3, 0.4) is 0 Å². The molecule has 0 aliphatic carbocycles. The summed E-state index contributed by atoms with van der Waals surface area (Å²) in [6, 6.07) is 20.2. The van der Waals surface area contributed by atoms with Crippen molar-refractivity contribution in [1.29, 1.82) is 0 Å². The van der Waals surface area contributed by atoms with Gasteiger partial charge in [-0.1, -0.05) is 47.5 Å². The van der Waals surface area contributed by atoms with Crippen molar-refractivity contribution in [2.75, 3.05) is 0 Å². The number of aromatic amines is 1. The Morgan fingerprint density at radius 3 is 2.12 bits per heavy atom. The maximum Gasteiger partial charge on any atom is 0.198 e. The predicted octanol–water partition coefficient (Wildman–Crippen LogP) is 7.04. The first-order valence-corrected chi connectivity index (χ1v) is 10.8. The third-order valence-corrected chi connectivity index (χ3v) is 6.08. The number of hydrogen-bond donors (Lipinski definition) is 1. The molecule has 0 saturated carbocycles. The lowest BCUT2D eigenvalue weighted by Crippen LogP contribution is -2.14. The molecular formula is C26H13Cl2NO4. The standard InChI is InChI=1S/C26H13Cl2NO4/c27-13-5-8-15(9-6-13)32-20-12-21-24(29-18-10-7-14(28)11-19(18)33-21)23-22(20)25(30)16-3-1-2-4-17(16)26(23)31/h1-12,29H. The van der Waals surface area contributed by atoms with Crippen molar-refractivity contribution in [1.82, 2.24) is 4.98 Å². The molecule has 0 saturated heterocycles. The first-order valence-electron chi connectivity index (χ1n) is 10.1. The maximum absolute atomic E-state index is 13.6. The molecule has 1 N–H and O–H groups in total. The number of nitrogens with one attached hydrogen (secondary N) is 1. The molecule has 6 aromatic rings. The summed E-state index contributed by atoms with van der Waals surface area (Å²) in [5.74, 6) is 0.680. The topological polar surface area (TPSA) is 72.3 Å². The molecule has 0 unspecified atom stereocenters. The van der Waals surface area contributed by atoms with Gasteiger partial charge in [-0.3, -0.25) is 9.59 Å². The van der Waals surface area contributed by atoms with E-state index in [0.717, 1.165) is 0 Å². The van der Waals surface area contributed by atoms with E-state index < -0.39 is 0 Å². The van der Waals surface area contributed by atoms with Gasteiger partial charge in [-0.15, -0.1) is 0 Å². The Hall–Kier alpha value is -3.80. The summed E-state index contributed by atoms with van der Waals surface area (Å²) in [5.41, 5.74) is 1.33. The molecule has 0 spiro atoms. The molecule has 160 valence electrons. The monoisotopic (exact) mass is 473 g/mol. The molecule has 6 rings (SSSR count). The number of H-pyrrole nitrogens is 1. The quantitative estimate of drug-likeness (QED) is 0.216. The lowest BCUT2D eigenvalue weighted by atomic mass is 10.00. The fourth-order valence-corrected chi connectivity index (χ4v) is 4.38. The summed E-state index contributed by atoms with van der Waals surface area (Å²) < 4.78 is 12.2. The van der Waals surface area contributed by atoms with Gasteiger partial charge < -0.3 is 14.1 Å². The van der Waals surface area contributed by atoms with Crippen molar-refractivity contribution in [3.63, 3.8) is 0 Å². The second-order valence-corrected chi connectivity index (χ2v) is 8.50. The van der Waals surface area contributed by atoms with Crippen molar-refractivity contribution < 1.29 is 9.15 Å². The van der Waals surface area contributed by atoms with Gasteiger partial charge in [0.1, 0.15) is 11.5 Å². The summed E-state index contributed by atoms with van der Waals surface area (Å²) >= 11 is 12.1. The van der Waals surface area contributed by atoms with Gasteiger partial charge in [0.25, 0.3) is 0 Å². The molecule has 0 fully saturated rings. The third-order valence-electron chi connectivity index (χ3n) is 5.59. The van der Waals surface area contributed by atoms with Crippen LogP contribution < -0.4 is 15.6 Å². The normalized spacial score (nSPS) is 11.6. The minimum Gasteiger partial charge on any atom is -0.456 e. The van der Waals surface area contributed by atoms with Crippen LogP contribution in [-0.2, 0) is 0 Å². The fourth-order valence-electron chi connectivity index (χ4n) is 4.09. The summed E-state index contributed by atoms with van der Waals surface area (Å²) in [4.78, 5) is 30.4. The van der Waals surface area contributed by atoms with Gasteiger partial charge in [0.2, 0.25) is 0 Å². The maximum atomic E-state index is 13.6. The van der Waals surface area contributed by atoms with Crippen molar-refractivity contribution in [2.45, 2.75) is 0 Å². The molecule has 5 nitrogen and oxygen atoms in total.